The minimum atomic E-state index is -3.88. The van der Waals surface area contributed by atoms with E-state index in [2.05, 4.69) is 0 Å². The summed E-state index contributed by atoms with van der Waals surface area (Å²) in [7, 11) is -11.5. The van der Waals surface area contributed by atoms with Gasteiger partial charge in [0.2, 0.25) is 20.0 Å². The lowest BCUT2D eigenvalue weighted by molar-refractivity contribution is 0.163. The van der Waals surface area contributed by atoms with E-state index in [-0.39, 0.29) is 62.3 Å². The lowest BCUT2D eigenvalue weighted by Crippen LogP contribution is -2.36. The van der Waals surface area contributed by atoms with Gasteiger partial charge in [0.05, 0.1) is 23.0 Å². The quantitative estimate of drug-likeness (QED) is 0.255. The second kappa shape index (κ2) is 15.5. The maximum Gasteiger partial charge on any atom is 0.408 e. The molecular formula is C32H44N3O7PS2. The molecule has 0 fully saturated rings. The Hall–Kier alpha value is -2.41. The van der Waals surface area contributed by atoms with Gasteiger partial charge in [-0.15, -0.1) is 0 Å². The van der Waals surface area contributed by atoms with E-state index in [1.165, 1.54) is 8.61 Å². The lowest BCUT2D eigenvalue weighted by Gasteiger charge is -2.32. The monoisotopic (exact) mass is 677 g/mol. The molecule has 13 heteroatoms. The number of fused-ring (bicyclic) bond motifs is 2. The molecule has 0 unspecified atom stereocenters. The summed E-state index contributed by atoms with van der Waals surface area (Å²) in [6.45, 7) is 8.54. The fourth-order valence-corrected chi connectivity index (χ4v) is 10.0. The first kappa shape index (κ1) is 35.4. The highest BCUT2D eigenvalue weighted by atomic mass is 32.2. The first-order chi connectivity index (χ1) is 21.4. The zero-order valence-electron chi connectivity index (χ0n) is 26.5. The number of rotatable bonds is 9. The average Bonchev–Trinajstić information content (AvgIpc) is 2.99. The SMILES string of the molecule is CCOP(=O)(OCC)N1CCCN(S(=O)(=O)c2ccc(C)cc2)Cc2cccc(c2)CN(S(=O)(=O)c2ccc(C)cc2)CCC1. The van der Waals surface area contributed by atoms with Crippen LogP contribution in [0.15, 0.2) is 82.6 Å². The smallest absolute Gasteiger partial charge is 0.297 e. The van der Waals surface area contributed by atoms with Gasteiger partial charge in [-0.1, -0.05) is 59.7 Å². The third-order valence-electron chi connectivity index (χ3n) is 7.61. The summed E-state index contributed by atoms with van der Waals surface area (Å²) in [4.78, 5) is 0.374. The highest BCUT2D eigenvalue weighted by Gasteiger charge is 2.34. The molecule has 1 aliphatic rings. The second-order valence-electron chi connectivity index (χ2n) is 11.1. The van der Waals surface area contributed by atoms with E-state index in [1.807, 2.05) is 38.1 Å². The van der Waals surface area contributed by atoms with Crippen molar-refractivity contribution in [3.05, 3.63) is 95.1 Å². The van der Waals surface area contributed by atoms with Crippen molar-refractivity contribution in [2.75, 3.05) is 39.4 Å². The minimum absolute atomic E-state index is 0.0866. The Morgan fingerprint density at radius 1 is 0.644 bits per heavy atom. The van der Waals surface area contributed by atoms with Crippen LogP contribution in [0.1, 0.15) is 48.9 Å². The second-order valence-corrected chi connectivity index (χ2v) is 17.0. The van der Waals surface area contributed by atoms with Crippen LogP contribution >= 0.6 is 7.75 Å². The summed E-state index contributed by atoms with van der Waals surface area (Å²) in [6, 6.07) is 20.9. The molecule has 45 heavy (non-hydrogen) atoms. The predicted octanol–water partition coefficient (Wildman–Crippen LogP) is 5.96. The molecule has 0 N–H and O–H groups in total. The zero-order valence-corrected chi connectivity index (χ0v) is 29.0. The lowest BCUT2D eigenvalue weighted by atomic mass is 10.1. The van der Waals surface area contributed by atoms with Crippen molar-refractivity contribution in [3.8, 4) is 0 Å². The fourth-order valence-electron chi connectivity index (χ4n) is 5.26. The van der Waals surface area contributed by atoms with E-state index in [4.69, 9.17) is 9.05 Å². The van der Waals surface area contributed by atoms with Crippen LogP contribution < -0.4 is 0 Å². The van der Waals surface area contributed by atoms with E-state index in [0.717, 1.165) is 22.3 Å². The van der Waals surface area contributed by atoms with Gasteiger partial charge in [0.1, 0.15) is 0 Å². The van der Waals surface area contributed by atoms with Crippen LogP contribution in [0.4, 0.5) is 0 Å². The van der Waals surface area contributed by atoms with Gasteiger partial charge in [0.25, 0.3) is 0 Å². The molecule has 0 radical (unpaired) electrons. The van der Waals surface area contributed by atoms with Gasteiger partial charge in [-0.25, -0.2) is 26.1 Å². The van der Waals surface area contributed by atoms with E-state index < -0.39 is 27.8 Å². The standard InChI is InChI=1S/C32H44N3O7PS2/c1-5-41-43(36,42-6-2)33-20-8-22-34(44(37,38)31-16-12-27(3)13-17-31)25-29-10-7-11-30(24-29)26-35(23-9-21-33)45(39,40)32-18-14-28(4)15-19-32/h7,10-19,24H,5-6,8-9,20-23,25-26H2,1-4H3. The summed E-state index contributed by atoms with van der Waals surface area (Å²) < 4.78 is 85.3. The average molecular weight is 678 g/mol. The van der Waals surface area contributed by atoms with E-state index >= 15 is 0 Å². The third kappa shape index (κ3) is 8.90. The third-order valence-corrected chi connectivity index (χ3v) is 13.6. The number of hydrogen-bond acceptors (Lipinski definition) is 7. The molecule has 0 amide bonds. The van der Waals surface area contributed by atoms with Crippen molar-refractivity contribution in [1.82, 2.24) is 13.3 Å². The summed E-state index contributed by atoms with van der Waals surface area (Å²) in [5, 5.41) is 0. The fraction of sp³-hybridized carbons (Fsp3) is 0.438. The molecule has 4 rings (SSSR count). The summed E-state index contributed by atoms with van der Waals surface area (Å²) in [6.07, 6.45) is 0.695. The Morgan fingerprint density at radius 2 is 1.04 bits per heavy atom. The highest BCUT2D eigenvalue weighted by molar-refractivity contribution is 7.89. The molecule has 1 heterocycles. The Labute approximate surface area is 268 Å². The first-order valence-electron chi connectivity index (χ1n) is 15.2. The minimum Gasteiger partial charge on any atom is -0.297 e. The molecule has 0 aromatic heterocycles. The maximum atomic E-state index is 13.9. The van der Waals surface area contributed by atoms with Gasteiger partial charge in [-0.3, -0.25) is 9.05 Å². The number of benzene rings is 3. The first-order valence-corrected chi connectivity index (χ1v) is 19.6. The molecule has 3 aromatic rings. The van der Waals surface area contributed by atoms with Crippen LogP contribution in [0.25, 0.3) is 0 Å². The van der Waals surface area contributed by atoms with Crippen LogP contribution in [0.2, 0.25) is 0 Å². The Bertz CT molecular complexity index is 1570. The Balaban J connectivity index is 1.75. The van der Waals surface area contributed by atoms with Crippen LogP contribution in [-0.4, -0.2) is 69.5 Å². The van der Waals surface area contributed by atoms with Gasteiger partial charge in [-0.05, 0) is 75.9 Å². The predicted molar refractivity (Wildman–Crippen MR) is 176 cm³/mol. The van der Waals surface area contributed by atoms with Crippen LogP contribution in [0.3, 0.4) is 0 Å². The van der Waals surface area contributed by atoms with Crippen molar-refractivity contribution in [2.24, 2.45) is 0 Å². The normalized spacial score (nSPS) is 17.2. The Kier molecular flexibility index (Phi) is 12.2. The number of nitrogens with zero attached hydrogens (tertiary/aromatic N) is 3. The molecule has 0 atom stereocenters. The largest absolute Gasteiger partial charge is 0.408 e. The van der Waals surface area contributed by atoms with Crippen LogP contribution in [0.5, 0.6) is 0 Å². The topological polar surface area (TPSA) is 114 Å². The molecule has 0 saturated carbocycles. The van der Waals surface area contributed by atoms with Crippen LogP contribution in [-0.2, 0) is 46.7 Å². The molecule has 2 bridgehead atoms. The highest BCUT2D eigenvalue weighted by Crippen LogP contribution is 2.52. The van der Waals surface area contributed by atoms with Crippen LogP contribution in [0, 0.1) is 13.8 Å². The molecule has 3 aromatic carbocycles. The van der Waals surface area contributed by atoms with E-state index in [9.17, 15) is 21.4 Å². The van der Waals surface area contributed by atoms with Gasteiger partial charge in [0.15, 0.2) is 0 Å². The van der Waals surface area contributed by atoms with Gasteiger partial charge < -0.3 is 0 Å². The summed E-state index contributed by atoms with van der Waals surface area (Å²) >= 11 is 0. The molecule has 0 spiro atoms. The summed E-state index contributed by atoms with van der Waals surface area (Å²) in [5.41, 5.74) is 3.37. The van der Waals surface area contributed by atoms with Crippen molar-refractivity contribution < 1.29 is 30.4 Å². The van der Waals surface area contributed by atoms with Gasteiger partial charge >= 0.3 is 7.75 Å². The van der Waals surface area contributed by atoms with Crippen molar-refractivity contribution in [1.29, 1.82) is 0 Å². The van der Waals surface area contributed by atoms with E-state index in [0.29, 0.717) is 12.8 Å². The molecule has 0 aliphatic carbocycles. The van der Waals surface area contributed by atoms with Gasteiger partial charge in [-0.2, -0.15) is 8.61 Å². The molecular weight excluding hydrogens is 633 g/mol. The maximum absolute atomic E-state index is 13.9. The molecule has 1 aliphatic heterocycles. The molecule has 10 nitrogen and oxygen atoms in total. The Morgan fingerprint density at radius 3 is 1.42 bits per heavy atom. The number of hydrogen-bond donors (Lipinski definition) is 0. The summed E-state index contributed by atoms with van der Waals surface area (Å²) in [5.74, 6) is 0. The molecule has 0 saturated heterocycles. The number of sulfonamides is 2. The number of aryl methyl sites for hydroxylation is 2. The van der Waals surface area contributed by atoms with Crippen molar-refractivity contribution in [3.63, 3.8) is 0 Å². The van der Waals surface area contributed by atoms with Crippen molar-refractivity contribution in [2.45, 2.75) is 63.4 Å². The zero-order chi connectivity index (χ0) is 32.7. The van der Waals surface area contributed by atoms with Crippen molar-refractivity contribution >= 4 is 27.8 Å². The van der Waals surface area contributed by atoms with E-state index in [1.54, 1.807) is 67.0 Å². The molecule has 246 valence electrons. The van der Waals surface area contributed by atoms with Gasteiger partial charge in [0, 0.05) is 39.3 Å².